The molecule has 0 radical (unpaired) electrons. The van der Waals surface area contributed by atoms with Crippen LogP contribution < -0.4 is 15.5 Å². The standard InChI is InChI=1S/C22H21N3O3/c1-15(14-21(26)23-17-10-12-18(28-2)13-11-17)24-25-22(27)20-9-5-7-16-6-3-4-8-19(16)20/h3-13H,14H2,1-2H3,(H,23,26)(H,25,27). The highest BCUT2D eigenvalue weighted by atomic mass is 16.5. The molecule has 0 aliphatic heterocycles. The van der Waals surface area contributed by atoms with Crippen molar-refractivity contribution in [1.82, 2.24) is 5.43 Å². The SMILES string of the molecule is COc1ccc(NC(=O)CC(C)=NNC(=O)c2cccc3ccccc23)cc1. The molecule has 6 nitrogen and oxygen atoms in total. The number of carbonyl (C=O) groups excluding carboxylic acids is 2. The lowest BCUT2D eigenvalue weighted by Gasteiger charge is -2.07. The summed E-state index contributed by atoms with van der Waals surface area (Å²) >= 11 is 0. The number of methoxy groups -OCH3 is 1. The number of ether oxygens (including phenoxy) is 1. The van der Waals surface area contributed by atoms with Crippen molar-refractivity contribution in [2.45, 2.75) is 13.3 Å². The summed E-state index contributed by atoms with van der Waals surface area (Å²) in [7, 11) is 1.58. The molecule has 0 fully saturated rings. The second-order valence-corrected chi connectivity index (χ2v) is 6.27. The zero-order chi connectivity index (χ0) is 19.9. The number of hydrazone groups is 1. The van der Waals surface area contributed by atoms with Gasteiger partial charge in [0.15, 0.2) is 0 Å². The number of anilines is 1. The molecular weight excluding hydrogens is 354 g/mol. The molecule has 0 saturated heterocycles. The Morgan fingerprint density at radius 2 is 1.68 bits per heavy atom. The zero-order valence-corrected chi connectivity index (χ0v) is 15.7. The second-order valence-electron chi connectivity index (χ2n) is 6.27. The van der Waals surface area contributed by atoms with E-state index in [9.17, 15) is 9.59 Å². The van der Waals surface area contributed by atoms with E-state index in [1.807, 2.05) is 36.4 Å². The Balaban J connectivity index is 1.60. The molecule has 0 bridgehead atoms. The Labute approximate surface area is 163 Å². The van der Waals surface area contributed by atoms with Crippen LogP contribution in [0, 0.1) is 0 Å². The molecule has 0 aromatic heterocycles. The number of amides is 2. The van der Waals surface area contributed by atoms with Crippen LogP contribution in [0.3, 0.4) is 0 Å². The third-order valence-corrected chi connectivity index (χ3v) is 4.17. The van der Waals surface area contributed by atoms with Crippen LogP contribution in [0.1, 0.15) is 23.7 Å². The molecule has 2 amide bonds. The van der Waals surface area contributed by atoms with Crippen LogP contribution in [0.5, 0.6) is 5.75 Å². The van der Waals surface area contributed by atoms with Crippen LogP contribution in [-0.4, -0.2) is 24.6 Å². The smallest absolute Gasteiger partial charge is 0.271 e. The third kappa shape index (κ3) is 4.73. The zero-order valence-electron chi connectivity index (χ0n) is 15.7. The number of nitrogens with zero attached hydrogens (tertiary/aromatic N) is 1. The molecule has 3 aromatic carbocycles. The summed E-state index contributed by atoms with van der Waals surface area (Å²) in [5.74, 6) is 0.185. The largest absolute Gasteiger partial charge is 0.497 e. The minimum absolute atomic E-state index is 0.0713. The van der Waals surface area contributed by atoms with Crippen molar-refractivity contribution < 1.29 is 14.3 Å². The monoisotopic (exact) mass is 375 g/mol. The first-order chi connectivity index (χ1) is 13.6. The van der Waals surface area contributed by atoms with Gasteiger partial charge in [0, 0.05) is 17.0 Å². The highest BCUT2D eigenvalue weighted by molar-refractivity contribution is 6.08. The molecule has 3 aromatic rings. The van der Waals surface area contributed by atoms with Gasteiger partial charge in [-0.05, 0) is 48.0 Å². The fraction of sp³-hybridized carbons (Fsp3) is 0.136. The average molecular weight is 375 g/mol. The van der Waals surface area contributed by atoms with Crippen LogP contribution in [0.25, 0.3) is 10.8 Å². The van der Waals surface area contributed by atoms with Gasteiger partial charge in [0.2, 0.25) is 5.91 Å². The highest BCUT2D eigenvalue weighted by Crippen LogP contribution is 2.18. The number of rotatable bonds is 6. The number of fused-ring (bicyclic) bond motifs is 1. The molecule has 0 heterocycles. The Bertz CT molecular complexity index is 1020. The Morgan fingerprint density at radius 1 is 0.964 bits per heavy atom. The van der Waals surface area contributed by atoms with Crippen LogP contribution in [0.2, 0.25) is 0 Å². The normalized spacial score (nSPS) is 11.1. The van der Waals surface area contributed by atoms with E-state index < -0.39 is 0 Å². The van der Waals surface area contributed by atoms with E-state index in [-0.39, 0.29) is 18.2 Å². The number of benzene rings is 3. The molecule has 0 atom stereocenters. The first kappa shape index (κ1) is 19.1. The molecule has 0 spiro atoms. The summed E-state index contributed by atoms with van der Waals surface area (Å²) in [4.78, 5) is 24.6. The summed E-state index contributed by atoms with van der Waals surface area (Å²) in [5.41, 5.74) is 4.23. The Kier molecular flexibility index (Phi) is 6.01. The quantitative estimate of drug-likeness (QED) is 0.505. The fourth-order valence-corrected chi connectivity index (χ4v) is 2.78. The highest BCUT2D eigenvalue weighted by Gasteiger charge is 2.10. The first-order valence-electron chi connectivity index (χ1n) is 8.82. The number of hydrogen-bond donors (Lipinski definition) is 2. The summed E-state index contributed by atoms with van der Waals surface area (Å²) in [6.45, 7) is 1.69. The predicted octanol–water partition coefficient (Wildman–Crippen LogP) is 3.98. The van der Waals surface area contributed by atoms with Crippen molar-refractivity contribution in [3.05, 3.63) is 72.3 Å². The molecule has 142 valence electrons. The molecule has 0 aliphatic carbocycles. The Morgan fingerprint density at radius 3 is 2.43 bits per heavy atom. The van der Waals surface area contributed by atoms with Gasteiger partial charge in [-0.25, -0.2) is 5.43 Å². The maximum atomic E-state index is 12.5. The number of nitrogens with one attached hydrogen (secondary N) is 2. The van der Waals surface area contributed by atoms with Gasteiger partial charge in [-0.15, -0.1) is 0 Å². The van der Waals surface area contributed by atoms with Crippen LogP contribution in [0.15, 0.2) is 71.8 Å². The van der Waals surface area contributed by atoms with Gasteiger partial charge in [0.1, 0.15) is 5.75 Å². The maximum Gasteiger partial charge on any atom is 0.271 e. The molecule has 28 heavy (non-hydrogen) atoms. The summed E-state index contributed by atoms with van der Waals surface area (Å²) < 4.78 is 5.08. The van der Waals surface area contributed by atoms with Crippen molar-refractivity contribution in [2.75, 3.05) is 12.4 Å². The van der Waals surface area contributed by atoms with Gasteiger partial charge in [-0.3, -0.25) is 9.59 Å². The van der Waals surface area contributed by atoms with Crippen molar-refractivity contribution >= 4 is 34.0 Å². The van der Waals surface area contributed by atoms with Gasteiger partial charge >= 0.3 is 0 Å². The molecule has 3 rings (SSSR count). The van der Waals surface area contributed by atoms with E-state index in [0.717, 1.165) is 10.8 Å². The number of carbonyl (C=O) groups is 2. The van der Waals surface area contributed by atoms with E-state index >= 15 is 0 Å². The molecule has 0 saturated carbocycles. The lowest BCUT2D eigenvalue weighted by molar-refractivity contribution is -0.115. The molecule has 6 heteroatoms. The molecule has 0 aliphatic rings. The molecule has 0 unspecified atom stereocenters. The van der Waals surface area contributed by atoms with Gasteiger partial charge in [0.05, 0.1) is 13.5 Å². The minimum Gasteiger partial charge on any atom is -0.497 e. The molecular formula is C22H21N3O3. The topological polar surface area (TPSA) is 79.8 Å². The Hall–Kier alpha value is -3.67. The minimum atomic E-state index is -0.313. The van der Waals surface area contributed by atoms with Gasteiger partial charge in [-0.1, -0.05) is 36.4 Å². The summed E-state index contributed by atoms with van der Waals surface area (Å²) in [6.07, 6.45) is 0.0713. The van der Waals surface area contributed by atoms with Gasteiger partial charge in [0.25, 0.3) is 5.91 Å². The van der Waals surface area contributed by atoms with Crippen LogP contribution >= 0.6 is 0 Å². The third-order valence-electron chi connectivity index (χ3n) is 4.17. The van der Waals surface area contributed by atoms with Gasteiger partial charge < -0.3 is 10.1 Å². The summed E-state index contributed by atoms with van der Waals surface area (Å²) in [6, 6.07) is 20.2. The van der Waals surface area contributed by atoms with E-state index in [0.29, 0.717) is 22.7 Å². The van der Waals surface area contributed by atoms with Crippen molar-refractivity contribution in [1.29, 1.82) is 0 Å². The van der Waals surface area contributed by atoms with E-state index in [1.54, 1.807) is 44.4 Å². The maximum absolute atomic E-state index is 12.5. The van der Waals surface area contributed by atoms with Gasteiger partial charge in [-0.2, -0.15) is 5.10 Å². The van der Waals surface area contributed by atoms with Crippen LogP contribution in [-0.2, 0) is 4.79 Å². The van der Waals surface area contributed by atoms with E-state index in [4.69, 9.17) is 4.74 Å². The van der Waals surface area contributed by atoms with E-state index in [2.05, 4.69) is 15.8 Å². The molecule has 2 N–H and O–H groups in total. The predicted molar refractivity (Wildman–Crippen MR) is 111 cm³/mol. The van der Waals surface area contributed by atoms with Crippen molar-refractivity contribution in [3.63, 3.8) is 0 Å². The average Bonchev–Trinajstić information content (AvgIpc) is 2.72. The lowest BCUT2D eigenvalue weighted by atomic mass is 10.0. The lowest BCUT2D eigenvalue weighted by Crippen LogP contribution is -2.21. The van der Waals surface area contributed by atoms with Crippen molar-refractivity contribution in [2.24, 2.45) is 5.10 Å². The van der Waals surface area contributed by atoms with Crippen LogP contribution in [0.4, 0.5) is 5.69 Å². The second kappa shape index (κ2) is 8.81. The van der Waals surface area contributed by atoms with E-state index in [1.165, 1.54) is 0 Å². The number of hydrogen-bond acceptors (Lipinski definition) is 4. The first-order valence-corrected chi connectivity index (χ1v) is 8.82. The summed E-state index contributed by atoms with van der Waals surface area (Å²) in [5, 5.41) is 8.67. The van der Waals surface area contributed by atoms with Crippen molar-refractivity contribution in [3.8, 4) is 5.75 Å². The fourth-order valence-electron chi connectivity index (χ4n) is 2.78.